The molecule has 3 N–H and O–H groups in total. The molecule has 0 radical (unpaired) electrons. The molecule has 0 atom stereocenters. The van der Waals surface area contributed by atoms with E-state index in [0.717, 1.165) is 4.90 Å². The molecule has 0 bridgehead atoms. The van der Waals surface area contributed by atoms with Crippen molar-refractivity contribution in [3.8, 4) is 0 Å². The molecule has 3 rings (SSSR count). The fourth-order valence-electron chi connectivity index (χ4n) is 2.23. The molecule has 2 aromatic carbocycles. The number of hydrogen-bond donors (Lipinski definition) is 3. The van der Waals surface area contributed by atoms with Gasteiger partial charge in [-0.05, 0) is 48.5 Å². The first kappa shape index (κ1) is 19.7. The Labute approximate surface area is 171 Å². The summed E-state index contributed by atoms with van der Waals surface area (Å²) in [6, 6.07) is 19.4. The maximum Gasteiger partial charge on any atom is 0.323 e. The number of rotatable bonds is 6. The average molecular weight is 413 g/mol. The van der Waals surface area contributed by atoms with Crippen molar-refractivity contribution in [2.75, 3.05) is 21.7 Å². The summed E-state index contributed by atoms with van der Waals surface area (Å²) in [4.78, 5) is 28.9. The predicted octanol–water partition coefficient (Wildman–Crippen LogP) is 5.11. The topological polar surface area (TPSA) is 83.1 Å². The minimum Gasteiger partial charge on any atom is -0.310 e. The number of hydrogen-bond acceptors (Lipinski definition) is 4. The predicted molar refractivity (Wildman–Crippen MR) is 114 cm³/mol. The number of nitrogens with one attached hydrogen (secondary N) is 3. The molecule has 3 aromatic rings. The lowest BCUT2D eigenvalue weighted by molar-refractivity contribution is -0.113. The summed E-state index contributed by atoms with van der Waals surface area (Å²) in [5, 5.41) is 8.73. The molecular weight excluding hydrogens is 396 g/mol. The zero-order valence-electron chi connectivity index (χ0n) is 14.7. The number of nitrogens with zero attached hydrogens (tertiary/aromatic N) is 1. The Kier molecular flexibility index (Phi) is 6.89. The number of halogens is 1. The van der Waals surface area contributed by atoms with E-state index >= 15 is 0 Å². The first-order chi connectivity index (χ1) is 13.6. The number of aromatic nitrogens is 1. The Balaban J connectivity index is 1.45. The Morgan fingerprint density at radius 2 is 1.54 bits per heavy atom. The number of thioether (sulfide) groups is 1. The molecular formula is C20H17ClN4O2S. The van der Waals surface area contributed by atoms with Gasteiger partial charge in [-0.3, -0.25) is 4.79 Å². The summed E-state index contributed by atoms with van der Waals surface area (Å²) in [6.45, 7) is 0. The van der Waals surface area contributed by atoms with Crippen LogP contribution in [0.2, 0.25) is 5.02 Å². The van der Waals surface area contributed by atoms with Crippen molar-refractivity contribution in [1.29, 1.82) is 0 Å². The Bertz CT molecular complexity index is 935. The first-order valence-corrected chi connectivity index (χ1v) is 9.72. The van der Waals surface area contributed by atoms with Gasteiger partial charge >= 0.3 is 6.03 Å². The van der Waals surface area contributed by atoms with E-state index in [1.165, 1.54) is 18.0 Å². The van der Waals surface area contributed by atoms with E-state index in [1.54, 1.807) is 24.3 Å². The van der Waals surface area contributed by atoms with Gasteiger partial charge in [0, 0.05) is 22.5 Å². The lowest BCUT2D eigenvalue weighted by Gasteiger charge is -2.08. The van der Waals surface area contributed by atoms with E-state index in [9.17, 15) is 9.59 Å². The van der Waals surface area contributed by atoms with Crippen LogP contribution in [0, 0.1) is 0 Å². The number of anilines is 3. The summed E-state index contributed by atoms with van der Waals surface area (Å²) in [5.74, 6) is 0.536. The molecule has 0 aliphatic carbocycles. The number of carbonyl (C=O) groups is 2. The second kappa shape index (κ2) is 9.77. The molecule has 142 valence electrons. The quantitative estimate of drug-likeness (QED) is 0.491. The average Bonchev–Trinajstić information content (AvgIpc) is 2.70. The summed E-state index contributed by atoms with van der Waals surface area (Å²) < 4.78 is 0. The molecule has 6 nitrogen and oxygen atoms in total. The van der Waals surface area contributed by atoms with Gasteiger partial charge in [-0.1, -0.05) is 29.8 Å². The number of benzene rings is 2. The molecule has 0 fully saturated rings. The van der Waals surface area contributed by atoms with Gasteiger partial charge in [0.05, 0.1) is 10.8 Å². The van der Waals surface area contributed by atoms with Crippen LogP contribution < -0.4 is 16.0 Å². The Morgan fingerprint density at radius 1 is 0.857 bits per heavy atom. The monoisotopic (exact) mass is 412 g/mol. The first-order valence-electron chi connectivity index (χ1n) is 8.36. The van der Waals surface area contributed by atoms with Gasteiger partial charge in [-0.25, -0.2) is 9.78 Å². The van der Waals surface area contributed by atoms with Gasteiger partial charge in [-0.15, -0.1) is 11.8 Å². The van der Waals surface area contributed by atoms with Crippen molar-refractivity contribution in [2.24, 2.45) is 0 Å². The smallest absolute Gasteiger partial charge is 0.310 e. The zero-order valence-corrected chi connectivity index (χ0v) is 16.3. The van der Waals surface area contributed by atoms with E-state index in [-0.39, 0.29) is 17.7 Å². The third kappa shape index (κ3) is 6.29. The van der Waals surface area contributed by atoms with Crippen LogP contribution in [0.25, 0.3) is 0 Å². The molecule has 1 heterocycles. The van der Waals surface area contributed by atoms with E-state index in [0.29, 0.717) is 22.2 Å². The van der Waals surface area contributed by atoms with Crippen LogP contribution >= 0.6 is 23.4 Å². The van der Waals surface area contributed by atoms with Gasteiger partial charge in [0.25, 0.3) is 0 Å². The van der Waals surface area contributed by atoms with Gasteiger partial charge in [0.1, 0.15) is 5.82 Å². The van der Waals surface area contributed by atoms with Crippen LogP contribution in [0.3, 0.4) is 0 Å². The normalized spacial score (nSPS) is 10.2. The van der Waals surface area contributed by atoms with Crippen molar-refractivity contribution in [3.05, 3.63) is 77.9 Å². The lowest BCUT2D eigenvalue weighted by Crippen LogP contribution is -2.19. The third-order valence-electron chi connectivity index (χ3n) is 3.51. The Hall–Kier alpha value is -3.03. The standard InChI is InChI=1S/C20H17ClN4O2S/c21-14-6-11-18(22-12-14)25-19(26)13-28-17-9-7-16(8-10-17)24-20(27)23-15-4-2-1-3-5-15/h1-12H,13H2,(H,22,25,26)(H2,23,24,27). The Morgan fingerprint density at radius 3 is 2.18 bits per heavy atom. The molecule has 0 saturated heterocycles. The number of carbonyl (C=O) groups excluding carboxylic acids is 2. The van der Waals surface area contributed by atoms with Crippen LogP contribution in [0.4, 0.5) is 22.0 Å². The third-order valence-corrected chi connectivity index (χ3v) is 4.74. The maximum atomic E-state index is 12.0. The van der Waals surface area contributed by atoms with Crippen LogP contribution in [0.15, 0.2) is 77.8 Å². The fraction of sp³-hybridized carbons (Fsp3) is 0.0500. The maximum absolute atomic E-state index is 12.0. The van der Waals surface area contributed by atoms with Crippen molar-refractivity contribution in [2.45, 2.75) is 4.90 Å². The highest BCUT2D eigenvalue weighted by Crippen LogP contribution is 2.21. The SMILES string of the molecule is O=C(CSc1ccc(NC(=O)Nc2ccccc2)cc1)Nc1ccc(Cl)cn1. The highest BCUT2D eigenvalue weighted by Gasteiger charge is 2.06. The highest BCUT2D eigenvalue weighted by atomic mass is 35.5. The molecule has 0 saturated carbocycles. The molecule has 0 spiro atoms. The molecule has 3 amide bonds. The lowest BCUT2D eigenvalue weighted by atomic mass is 10.3. The number of amides is 3. The number of pyridine rings is 1. The molecule has 8 heteroatoms. The summed E-state index contributed by atoms with van der Waals surface area (Å²) in [7, 11) is 0. The molecule has 0 aliphatic rings. The minimum absolute atomic E-state index is 0.163. The second-order valence-electron chi connectivity index (χ2n) is 5.67. The van der Waals surface area contributed by atoms with Gasteiger partial charge in [0.2, 0.25) is 5.91 Å². The van der Waals surface area contributed by atoms with E-state index in [4.69, 9.17) is 11.6 Å². The van der Waals surface area contributed by atoms with Crippen molar-refractivity contribution < 1.29 is 9.59 Å². The van der Waals surface area contributed by atoms with Crippen molar-refractivity contribution in [1.82, 2.24) is 4.98 Å². The molecule has 0 unspecified atom stereocenters. The van der Waals surface area contributed by atoms with Crippen LogP contribution in [-0.2, 0) is 4.79 Å². The van der Waals surface area contributed by atoms with Crippen LogP contribution in [-0.4, -0.2) is 22.7 Å². The van der Waals surface area contributed by atoms with Crippen LogP contribution in [0.5, 0.6) is 0 Å². The van der Waals surface area contributed by atoms with E-state index in [2.05, 4.69) is 20.9 Å². The van der Waals surface area contributed by atoms with Gasteiger partial charge in [0.15, 0.2) is 0 Å². The highest BCUT2D eigenvalue weighted by molar-refractivity contribution is 8.00. The van der Waals surface area contributed by atoms with Gasteiger partial charge in [-0.2, -0.15) is 0 Å². The summed E-state index contributed by atoms with van der Waals surface area (Å²) >= 11 is 7.15. The summed E-state index contributed by atoms with van der Waals surface area (Å²) in [6.07, 6.45) is 1.48. The van der Waals surface area contributed by atoms with E-state index < -0.39 is 0 Å². The minimum atomic E-state index is -0.318. The largest absolute Gasteiger partial charge is 0.323 e. The number of urea groups is 1. The van der Waals surface area contributed by atoms with Crippen molar-refractivity contribution in [3.63, 3.8) is 0 Å². The van der Waals surface area contributed by atoms with E-state index in [1.807, 2.05) is 42.5 Å². The van der Waals surface area contributed by atoms with Crippen LogP contribution in [0.1, 0.15) is 0 Å². The molecule has 0 aliphatic heterocycles. The van der Waals surface area contributed by atoms with Gasteiger partial charge < -0.3 is 16.0 Å². The second-order valence-corrected chi connectivity index (χ2v) is 7.15. The summed E-state index contributed by atoms with van der Waals surface area (Å²) in [5.41, 5.74) is 1.38. The fourth-order valence-corrected chi connectivity index (χ4v) is 3.04. The zero-order chi connectivity index (χ0) is 19.8. The number of para-hydroxylation sites is 1. The molecule has 28 heavy (non-hydrogen) atoms. The molecule has 1 aromatic heterocycles. The van der Waals surface area contributed by atoms with Crippen molar-refractivity contribution >= 4 is 52.5 Å².